The zero-order valence-electron chi connectivity index (χ0n) is 19.5. The number of rotatable bonds is 5. The first-order chi connectivity index (χ1) is 17.8. The van der Waals surface area contributed by atoms with Gasteiger partial charge in [-0.1, -0.05) is 72.8 Å². The molecule has 6 aromatic rings. The molecule has 0 N–H and O–H groups in total. The van der Waals surface area contributed by atoms with Crippen molar-refractivity contribution >= 4 is 0 Å². The second kappa shape index (κ2) is 9.72. The van der Waals surface area contributed by atoms with Gasteiger partial charge in [-0.15, -0.1) is 0 Å². The molecule has 3 aromatic carbocycles. The van der Waals surface area contributed by atoms with Gasteiger partial charge in [0.25, 0.3) is 0 Å². The van der Waals surface area contributed by atoms with E-state index in [4.69, 9.17) is 9.97 Å². The summed E-state index contributed by atoms with van der Waals surface area (Å²) < 4.78 is 0. The molecule has 0 saturated carbocycles. The van der Waals surface area contributed by atoms with Crippen molar-refractivity contribution in [3.63, 3.8) is 0 Å². The lowest BCUT2D eigenvalue weighted by Gasteiger charge is -2.12. The second-order valence-electron chi connectivity index (χ2n) is 8.48. The first-order valence-electron chi connectivity index (χ1n) is 11.8. The summed E-state index contributed by atoms with van der Waals surface area (Å²) in [6, 6.07) is 37.0. The van der Waals surface area contributed by atoms with Crippen LogP contribution in [0.25, 0.3) is 56.2 Å². The van der Waals surface area contributed by atoms with Crippen LogP contribution in [-0.4, -0.2) is 19.9 Å². The van der Waals surface area contributed by atoms with E-state index in [-0.39, 0.29) is 0 Å². The molecule has 0 amide bonds. The van der Waals surface area contributed by atoms with Crippen LogP contribution in [0.15, 0.2) is 134 Å². The molecule has 0 atom stereocenters. The monoisotopic (exact) mass is 462 g/mol. The summed E-state index contributed by atoms with van der Waals surface area (Å²) in [7, 11) is 0. The quantitative estimate of drug-likeness (QED) is 0.265. The Morgan fingerprint density at radius 2 is 0.806 bits per heavy atom. The third-order valence-corrected chi connectivity index (χ3v) is 6.05. The van der Waals surface area contributed by atoms with Gasteiger partial charge in [-0.2, -0.15) is 0 Å². The van der Waals surface area contributed by atoms with E-state index >= 15 is 0 Å². The van der Waals surface area contributed by atoms with Gasteiger partial charge in [0.1, 0.15) is 0 Å². The zero-order valence-corrected chi connectivity index (χ0v) is 19.5. The molecule has 170 valence electrons. The smallest absolute Gasteiger partial charge is 0.160 e. The summed E-state index contributed by atoms with van der Waals surface area (Å²) in [5.74, 6) is 0.672. The van der Waals surface area contributed by atoms with E-state index in [1.165, 1.54) is 0 Å². The summed E-state index contributed by atoms with van der Waals surface area (Å²) in [4.78, 5) is 18.7. The number of pyridine rings is 2. The molecule has 3 aromatic heterocycles. The first-order valence-corrected chi connectivity index (χ1v) is 11.8. The van der Waals surface area contributed by atoms with Crippen LogP contribution in [0.4, 0.5) is 0 Å². The number of nitrogens with zero attached hydrogens (tertiary/aromatic N) is 4. The van der Waals surface area contributed by atoms with E-state index in [0.717, 1.165) is 50.3 Å². The zero-order chi connectivity index (χ0) is 24.2. The maximum atomic E-state index is 5.03. The van der Waals surface area contributed by atoms with Crippen LogP contribution < -0.4 is 0 Å². The third-order valence-electron chi connectivity index (χ3n) is 6.05. The van der Waals surface area contributed by atoms with Crippen molar-refractivity contribution in [2.75, 3.05) is 0 Å². The molecule has 0 unspecified atom stereocenters. The fraction of sp³-hybridized carbons (Fsp3) is 0. The highest BCUT2D eigenvalue weighted by Crippen LogP contribution is 2.33. The topological polar surface area (TPSA) is 51.6 Å². The molecule has 0 saturated heterocycles. The minimum absolute atomic E-state index is 0.672. The minimum Gasteiger partial charge on any atom is -0.264 e. The third kappa shape index (κ3) is 4.52. The number of hydrogen-bond acceptors (Lipinski definition) is 4. The first kappa shape index (κ1) is 21.6. The van der Waals surface area contributed by atoms with Crippen LogP contribution in [0.5, 0.6) is 0 Å². The van der Waals surface area contributed by atoms with Crippen LogP contribution in [0.2, 0.25) is 0 Å². The van der Waals surface area contributed by atoms with Crippen molar-refractivity contribution in [1.29, 1.82) is 0 Å². The maximum Gasteiger partial charge on any atom is 0.160 e. The van der Waals surface area contributed by atoms with Crippen molar-refractivity contribution in [2.24, 2.45) is 0 Å². The molecule has 0 aliphatic carbocycles. The molecule has 4 nitrogen and oxygen atoms in total. The van der Waals surface area contributed by atoms with Crippen molar-refractivity contribution < 1.29 is 0 Å². The van der Waals surface area contributed by atoms with E-state index in [0.29, 0.717) is 5.82 Å². The number of aromatic nitrogens is 4. The molecular weight excluding hydrogens is 440 g/mol. The molecule has 4 heteroatoms. The van der Waals surface area contributed by atoms with Crippen molar-refractivity contribution in [3.8, 4) is 56.2 Å². The fourth-order valence-corrected chi connectivity index (χ4v) is 4.25. The van der Waals surface area contributed by atoms with Gasteiger partial charge in [-0.05, 0) is 47.5 Å². The van der Waals surface area contributed by atoms with Gasteiger partial charge in [0.15, 0.2) is 5.82 Å². The van der Waals surface area contributed by atoms with Crippen LogP contribution in [0.1, 0.15) is 0 Å². The molecule has 0 fully saturated rings. The highest BCUT2D eigenvalue weighted by Gasteiger charge is 2.13. The van der Waals surface area contributed by atoms with Crippen molar-refractivity contribution in [3.05, 3.63) is 134 Å². The lowest BCUT2D eigenvalue weighted by atomic mass is 9.97. The lowest BCUT2D eigenvalue weighted by Crippen LogP contribution is -1.97. The highest BCUT2D eigenvalue weighted by atomic mass is 14.9. The van der Waals surface area contributed by atoms with Gasteiger partial charge in [0.05, 0.1) is 11.4 Å². The van der Waals surface area contributed by atoms with Gasteiger partial charge >= 0.3 is 0 Å². The summed E-state index contributed by atoms with van der Waals surface area (Å²) in [6.45, 7) is 0. The van der Waals surface area contributed by atoms with E-state index in [1.807, 2.05) is 60.9 Å². The van der Waals surface area contributed by atoms with Gasteiger partial charge < -0.3 is 0 Å². The molecule has 0 radical (unpaired) electrons. The Hall–Kier alpha value is -4.96. The van der Waals surface area contributed by atoms with Gasteiger partial charge in [0.2, 0.25) is 0 Å². The van der Waals surface area contributed by atoms with E-state index in [2.05, 4.69) is 70.6 Å². The summed E-state index contributed by atoms with van der Waals surface area (Å²) in [6.07, 6.45) is 7.33. The molecule has 0 aliphatic rings. The Labute approximate surface area is 210 Å². The maximum absolute atomic E-state index is 5.03. The summed E-state index contributed by atoms with van der Waals surface area (Å²) >= 11 is 0. The molecular formula is C32H22N4. The average Bonchev–Trinajstić information content (AvgIpc) is 2.98. The van der Waals surface area contributed by atoms with Crippen LogP contribution >= 0.6 is 0 Å². The van der Waals surface area contributed by atoms with Gasteiger partial charge in [-0.25, -0.2) is 9.97 Å². The van der Waals surface area contributed by atoms with E-state index in [1.54, 1.807) is 12.4 Å². The van der Waals surface area contributed by atoms with E-state index in [9.17, 15) is 0 Å². The van der Waals surface area contributed by atoms with Gasteiger partial charge in [-0.3, -0.25) is 9.97 Å². The summed E-state index contributed by atoms with van der Waals surface area (Å²) in [5.41, 5.74) is 8.97. The Bertz CT molecular complexity index is 1360. The Morgan fingerprint density at radius 3 is 1.25 bits per heavy atom. The van der Waals surface area contributed by atoms with Crippen molar-refractivity contribution in [1.82, 2.24) is 19.9 Å². The van der Waals surface area contributed by atoms with E-state index < -0.39 is 0 Å². The highest BCUT2D eigenvalue weighted by molar-refractivity contribution is 5.80. The van der Waals surface area contributed by atoms with Crippen molar-refractivity contribution in [2.45, 2.75) is 0 Å². The lowest BCUT2D eigenvalue weighted by molar-refractivity contribution is 1.18. The predicted molar refractivity (Wildman–Crippen MR) is 145 cm³/mol. The average molecular weight is 463 g/mol. The predicted octanol–water partition coefficient (Wildman–Crippen LogP) is 7.60. The van der Waals surface area contributed by atoms with Crippen LogP contribution in [0.3, 0.4) is 0 Å². The largest absolute Gasteiger partial charge is 0.264 e. The standard InChI is InChI=1S/C32H22N4/c1-3-9-23(10-4-1)30-20-31(24-11-5-2-6-12-24)36-32(35-30)29-18-27(25-13-7-15-33-21-25)17-28(19-29)26-14-8-16-34-22-26/h1-22H. The fourth-order valence-electron chi connectivity index (χ4n) is 4.25. The SMILES string of the molecule is c1ccc(-c2cc(-c3ccccc3)nc(-c3cc(-c4cccnc4)cc(-c4cccnc4)c3)n2)cc1. The number of benzene rings is 3. The van der Waals surface area contributed by atoms with Crippen LogP contribution in [0, 0.1) is 0 Å². The van der Waals surface area contributed by atoms with Crippen LogP contribution in [-0.2, 0) is 0 Å². The number of hydrogen-bond donors (Lipinski definition) is 0. The Balaban J connectivity index is 1.58. The molecule has 0 aliphatic heterocycles. The second-order valence-corrected chi connectivity index (χ2v) is 8.48. The Kier molecular flexibility index (Phi) is 5.83. The minimum atomic E-state index is 0.672. The molecule has 6 rings (SSSR count). The van der Waals surface area contributed by atoms with Gasteiger partial charge in [0, 0.05) is 52.6 Å². The molecule has 0 spiro atoms. The Morgan fingerprint density at radius 1 is 0.361 bits per heavy atom. The summed E-state index contributed by atoms with van der Waals surface area (Å²) in [5, 5.41) is 0. The molecule has 0 bridgehead atoms. The molecule has 36 heavy (non-hydrogen) atoms. The molecule has 3 heterocycles. The normalized spacial score (nSPS) is 10.8.